The van der Waals surface area contributed by atoms with Crippen molar-refractivity contribution >= 4 is 26.5 Å². The van der Waals surface area contributed by atoms with Gasteiger partial charge >= 0.3 is 0 Å². The summed E-state index contributed by atoms with van der Waals surface area (Å²) in [7, 11) is -3.68. The third-order valence-corrected chi connectivity index (χ3v) is 7.88. The maximum Gasteiger partial charge on any atom is 0.285 e. The monoisotopic (exact) mass is 423 g/mol. The molecule has 0 atom stereocenters. The Hall–Kier alpha value is -2.60. The first-order valence-electron chi connectivity index (χ1n) is 10.4. The van der Waals surface area contributed by atoms with E-state index in [2.05, 4.69) is 46.2 Å². The average molecular weight is 424 g/mol. The molecule has 0 aromatic heterocycles. The predicted molar refractivity (Wildman–Crippen MR) is 125 cm³/mol. The Balaban J connectivity index is 1.59. The van der Waals surface area contributed by atoms with Crippen LogP contribution in [0.2, 0.25) is 0 Å². The van der Waals surface area contributed by atoms with Crippen LogP contribution in [0.1, 0.15) is 34.7 Å². The summed E-state index contributed by atoms with van der Waals surface area (Å²) < 4.78 is 30.0. The molecule has 1 saturated heterocycles. The number of amidine groups is 1. The molecule has 0 bridgehead atoms. The Morgan fingerprint density at radius 2 is 1.47 bits per heavy atom. The predicted octanol–water partition coefficient (Wildman–Crippen LogP) is 4.22. The van der Waals surface area contributed by atoms with Crippen molar-refractivity contribution < 1.29 is 8.42 Å². The van der Waals surface area contributed by atoms with Gasteiger partial charge in [-0.15, -0.1) is 4.40 Å². The van der Waals surface area contributed by atoms with Gasteiger partial charge in [0.2, 0.25) is 0 Å². The Kier molecular flexibility index (Phi) is 5.22. The van der Waals surface area contributed by atoms with Crippen LogP contribution in [0.5, 0.6) is 0 Å². The normalized spacial score (nSPS) is 18.8. The van der Waals surface area contributed by atoms with Crippen molar-refractivity contribution in [2.45, 2.75) is 34.6 Å². The lowest BCUT2D eigenvalue weighted by Gasteiger charge is -2.38. The minimum absolute atomic E-state index is 0.345. The first-order chi connectivity index (χ1) is 14.2. The second-order valence-electron chi connectivity index (χ2n) is 8.34. The summed E-state index contributed by atoms with van der Waals surface area (Å²) in [5.41, 5.74) is 7.56. The number of benzene rings is 2. The van der Waals surface area contributed by atoms with Gasteiger partial charge in [0, 0.05) is 37.4 Å². The van der Waals surface area contributed by atoms with Crippen LogP contribution in [0.15, 0.2) is 46.4 Å². The summed E-state index contributed by atoms with van der Waals surface area (Å²) in [6, 6.07) is 12.2. The molecule has 2 aromatic carbocycles. The van der Waals surface area contributed by atoms with Gasteiger partial charge in [0.25, 0.3) is 10.0 Å². The minimum Gasteiger partial charge on any atom is -0.368 e. The molecule has 2 heterocycles. The molecule has 158 valence electrons. The van der Waals surface area contributed by atoms with Gasteiger partial charge in [-0.2, -0.15) is 8.42 Å². The summed E-state index contributed by atoms with van der Waals surface area (Å²) in [6.45, 7) is 13.4. The zero-order valence-corrected chi connectivity index (χ0v) is 19.2. The van der Waals surface area contributed by atoms with Gasteiger partial charge < -0.3 is 9.80 Å². The lowest BCUT2D eigenvalue weighted by atomic mass is 10.0. The molecule has 0 aliphatic carbocycles. The molecule has 0 saturated carbocycles. The lowest BCUT2D eigenvalue weighted by Crippen LogP contribution is -2.49. The summed E-state index contributed by atoms with van der Waals surface area (Å²) in [5, 5.41) is 0. The van der Waals surface area contributed by atoms with Gasteiger partial charge in [0.15, 0.2) is 0 Å². The second-order valence-corrected chi connectivity index (χ2v) is 9.88. The van der Waals surface area contributed by atoms with Crippen molar-refractivity contribution in [2.75, 3.05) is 31.1 Å². The van der Waals surface area contributed by atoms with E-state index in [1.807, 2.05) is 39.0 Å². The first-order valence-corrected chi connectivity index (χ1v) is 11.8. The van der Waals surface area contributed by atoms with Crippen LogP contribution in [-0.4, -0.2) is 45.3 Å². The topological polar surface area (TPSA) is 53.0 Å². The zero-order valence-electron chi connectivity index (χ0n) is 18.4. The van der Waals surface area contributed by atoms with E-state index in [-0.39, 0.29) is 0 Å². The molecule has 6 heteroatoms. The summed E-state index contributed by atoms with van der Waals surface area (Å²) in [5.74, 6) is 0.601. The Morgan fingerprint density at radius 1 is 0.800 bits per heavy atom. The maximum atomic E-state index is 12.9. The van der Waals surface area contributed by atoms with Gasteiger partial charge in [-0.1, -0.05) is 30.3 Å². The highest BCUT2D eigenvalue weighted by Gasteiger charge is 2.34. The highest BCUT2D eigenvalue weighted by molar-refractivity contribution is 8.00. The van der Waals surface area contributed by atoms with Crippen molar-refractivity contribution in [2.24, 2.45) is 4.40 Å². The van der Waals surface area contributed by atoms with E-state index < -0.39 is 10.0 Å². The number of anilines is 1. The summed E-state index contributed by atoms with van der Waals surface area (Å²) in [6.07, 6.45) is 0. The van der Waals surface area contributed by atoms with Crippen LogP contribution >= 0.6 is 0 Å². The smallest absolute Gasteiger partial charge is 0.285 e. The molecule has 1 fully saturated rings. The minimum atomic E-state index is -3.68. The van der Waals surface area contributed by atoms with Crippen LogP contribution in [0, 0.1) is 27.7 Å². The average Bonchev–Trinajstić information content (AvgIpc) is 2.95. The largest absolute Gasteiger partial charge is 0.368 e. The lowest BCUT2D eigenvalue weighted by molar-refractivity contribution is 0.386. The van der Waals surface area contributed by atoms with Crippen molar-refractivity contribution in [3.8, 4) is 0 Å². The van der Waals surface area contributed by atoms with Crippen molar-refractivity contribution in [1.29, 1.82) is 0 Å². The molecular formula is C24H29N3O2S. The molecule has 4 rings (SSSR count). The molecule has 2 aromatic rings. The van der Waals surface area contributed by atoms with E-state index in [1.54, 1.807) is 0 Å². The van der Waals surface area contributed by atoms with Crippen molar-refractivity contribution in [3.05, 3.63) is 69.8 Å². The molecule has 0 unspecified atom stereocenters. The third kappa shape index (κ3) is 3.54. The number of aryl methyl sites for hydroxylation is 3. The Bertz CT molecular complexity index is 1170. The van der Waals surface area contributed by atoms with Crippen LogP contribution in [0.25, 0.3) is 4.91 Å². The fraction of sp³-hybridized carbons (Fsp3) is 0.375. The van der Waals surface area contributed by atoms with E-state index in [9.17, 15) is 8.42 Å². The highest BCUT2D eigenvalue weighted by atomic mass is 32.2. The molecule has 2 aliphatic heterocycles. The molecule has 5 nitrogen and oxygen atoms in total. The maximum absolute atomic E-state index is 12.9. The summed E-state index contributed by atoms with van der Waals surface area (Å²) in [4.78, 5) is 4.84. The SMILES string of the molecule is CC1=C(c2ccc(C)c(C)c2)S(=O)(=O)N=C1N1CCN(c2cccc(C)c2C)CC1. The van der Waals surface area contributed by atoms with Crippen molar-refractivity contribution in [3.63, 3.8) is 0 Å². The van der Waals surface area contributed by atoms with Gasteiger partial charge in [0.05, 0.1) is 0 Å². The number of hydrogen-bond donors (Lipinski definition) is 0. The molecule has 0 N–H and O–H groups in total. The van der Waals surface area contributed by atoms with E-state index >= 15 is 0 Å². The number of sulfonamides is 1. The quantitative estimate of drug-likeness (QED) is 0.726. The fourth-order valence-corrected chi connectivity index (χ4v) is 5.78. The molecule has 30 heavy (non-hydrogen) atoms. The van der Waals surface area contributed by atoms with Crippen LogP contribution in [-0.2, 0) is 10.0 Å². The summed E-state index contributed by atoms with van der Waals surface area (Å²) >= 11 is 0. The van der Waals surface area contributed by atoms with Crippen molar-refractivity contribution in [1.82, 2.24) is 4.90 Å². The highest BCUT2D eigenvalue weighted by Crippen LogP contribution is 2.35. The third-order valence-electron chi connectivity index (χ3n) is 6.41. The van der Waals surface area contributed by atoms with Crippen LogP contribution in [0.4, 0.5) is 5.69 Å². The van der Waals surface area contributed by atoms with E-state index in [0.717, 1.165) is 48.4 Å². The molecule has 0 amide bonds. The fourth-order valence-electron chi connectivity index (χ4n) is 4.30. The number of rotatable bonds is 2. The zero-order chi connectivity index (χ0) is 21.6. The first kappa shape index (κ1) is 20.7. The van der Waals surface area contributed by atoms with E-state index in [4.69, 9.17) is 0 Å². The van der Waals surface area contributed by atoms with Crippen LogP contribution in [0.3, 0.4) is 0 Å². The van der Waals surface area contributed by atoms with E-state index in [1.165, 1.54) is 16.8 Å². The Morgan fingerprint density at radius 3 is 2.13 bits per heavy atom. The van der Waals surface area contributed by atoms with Gasteiger partial charge in [0.1, 0.15) is 10.7 Å². The number of hydrogen-bond acceptors (Lipinski definition) is 4. The van der Waals surface area contributed by atoms with E-state index in [0.29, 0.717) is 10.7 Å². The molecule has 0 spiro atoms. The molecule has 0 radical (unpaired) electrons. The number of piperazine rings is 1. The van der Waals surface area contributed by atoms with Crippen LogP contribution < -0.4 is 4.90 Å². The van der Waals surface area contributed by atoms with Gasteiger partial charge in [-0.05, 0) is 68.5 Å². The Labute approximate surface area is 179 Å². The molecular weight excluding hydrogens is 394 g/mol. The molecule has 2 aliphatic rings. The van der Waals surface area contributed by atoms with Gasteiger partial charge in [-0.25, -0.2) is 0 Å². The standard InChI is InChI=1S/C24H29N3O2S/c1-16-9-10-21(15-18(16)3)23-20(5)24(25-30(23,28)29)27-13-11-26(12-14-27)22-8-6-7-17(2)19(22)4/h6-10,15H,11-14H2,1-5H3. The number of nitrogens with zero attached hydrogens (tertiary/aromatic N) is 3. The second kappa shape index (κ2) is 7.58. The van der Waals surface area contributed by atoms with Gasteiger partial charge in [-0.3, -0.25) is 0 Å².